The van der Waals surface area contributed by atoms with E-state index in [1.807, 2.05) is 6.92 Å². The van der Waals surface area contributed by atoms with Gasteiger partial charge in [0.25, 0.3) is 0 Å². The summed E-state index contributed by atoms with van der Waals surface area (Å²) in [6.45, 7) is 4.68. The molecule has 0 unspecified atom stereocenters. The van der Waals surface area contributed by atoms with Gasteiger partial charge in [-0.3, -0.25) is 0 Å². The SMILES string of the molecule is Cc1nccc([C@]2(C)CN(S(C)(=O)=O)CCO2)n1. The Labute approximate surface area is 107 Å². The van der Waals surface area contributed by atoms with Gasteiger partial charge in [-0.25, -0.2) is 18.4 Å². The van der Waals surface area contributed by atoms with Gasteiger partial charge in [0.2, 0.25) is 10.0 Å². The van der Waals surface area contributed by atoms with Crippen LogP contribution in [0, 0.1) is 6.92 Å². The Kier molecular flexibility index (Phi) is 3.39. The Bertz CT molecular complexity index is 546. The van der Waals surface area contributed by atoms with Gasteiger partial charge in [-0.05, 0) is 19.9 Å². The fourth-order valence-electron chi connectivity index (χ4n) is 2.02. The van der Waals surface area contributed by atoms with E-state index in [0.717, 1.165) is 0 Å². The maximum absolute atomic E-state index is 11.6. The van der Waals surface area contributed by atoms with Gasteiger partial charge in [0.05, 0.1) is 18.6 Å². The molecule has 1 saturated heterocycles. The van der Waals surface area contributed by atoms with Crippen LogP contribution in [0.15, 0.2) is 12.3 Å². The largest absolute Gasteiger partial charge is 0.366 e. The number of morpholine rings is 1. The minimum absolute atomic E-state index is 0.280. The number of aromatic nitrogens is 2. The van der Waals surface area contributed by atoms with Crippen LogP contribution in [-0.2, 0) is 20.4 Å². The highest BCUT2D eigenvalue weighted by Gasteiger charge is 2.38. The number of hydrogen-bond donors (Lipinski definition) is 0. The van der Waals surface area contributed by atoms with Crippen molar-refractivity contribution in [1.82, 2.24) is 14.3 Å². The van der Waals surface area contributed by atoms with E-state index in [2.05, 4.69) is 9.97 Å². The minimum Gasteiger partial charge on any atom is -0.366 e. The lowest BCUT2D eigenvalue weighted by molar-refractivity contribution is -0.0846. The Balaban J connectivity index is 2.31. The van der Waals surface area contributed by atoms with Crippen LogP contribution in [0.25, 0.3) is 0 Å². The highest BCUT2D eigenvalue weighted by Crippen LogP contribution is 2.28. The average Bonchev–Trinajstić information content (AvgIpc) is 2.28. The second kappa shape index (κ2) is 4.56. The van der Waals surface area contributed by atoms with Crippen molar-refractivity contribution in [2.45, 2.75) is 19.4 Å². The molecule has 18 heavy (non-hydrogen) atoms. The molecule has 0 aromatic carbocycles. The molecule has 1 aliphatic heterocycles. The number of ether oxygens (including phenoxy) is 1. The second-order valence-corrected chi connectivity index (χ2v) is 6.65. The molecule has 100 valence electrons. The molecule has 1 atom stereocenters. The molecule has 1 aromatic rings. The Morgan fingerprint density at radius 2 is 2.22 bits per heavy atom. The quantitative estimate of drug-likeness (QED) is 0.773. The zero-order chi connectivity index (χ0) is 13.4. The van der Waals surface area contributed by atoms with Crippen molar-refractivity contribution < 1.29 is 13.2 Å². The first-order valence-corrected chi connectivity index (χ1v) is 7.55. The summed E-state index contributed by atoms with van der Waals surface area (Å²) in [7, 11) is -3.21. The van der Waals surface area contributed by atoms with Crippen LogP contribution in [0.4, 0.5) is 0 Å². The predicted octanol–water partition coefficient (Wildman–Crippen LogP) is 0.292. The molecule has 0 amide bonds. The van der Waals surface area contributed by atoms with E-state index in [9.17, 15) is 8.42 Å². The lowest BCUT2D eigenvalue weighted by Crippen LogP contribution is -2.50. The molecular formula is C11H17N3O3S. The van der Waals surface area contributed by atoms with Crippen molar-refractivity contribution in [3.05, 3.63) is 23.8 Å². The van der Waals surface area contributed by atoms with Crippen LogP contribution in [0.2, 0.25) is 0 Å². The van der Waals surface area contributed by atoms with Crippen molar-refractivity contribution in [3.8, 4) is 0 Å². The highest BCUT2D eigenvalue weighted by atomic mass is 32.2. The van der Waals surface area contributed by atoms with E-state index < -0.39 is 15.6 Å². The van der Waals surface area contributed by atoms with E-state index in [4.69, 9.17) is 4.74 Å². The number of aryl methyl sites for hydroxylation is 1. The molecule has 1 aromatic heterocycles. The van der Waals surface area contributed by atoms with Crippen LogP contribution in [0.5, 0.6) is 0 Å². The molecule has 6 nitrogen and oxygen atoms in total. The minimum atomic E-state index is -3.21. The molecular weight excluding hydrogens is 254 g/mol. The van der Waals surface area contributed by atoms with Crippen molar-refractivity contribution in [2.24, 2.45) is 0 Å². The molecule has 2 heterocycles. The van der Waals surface area contributed by atoms with E-state index in [1.54, 1.807) is 19.2 Å². The van der Waals surface area contributed by atoms with Gasteiger partial charge < -0.3 is 4.74 Å². The van der Waals surface area contributed by atoms with Gasteiger partial charge in [0, 0.05) is 19.3 Å². The number of nitrogens with zero attached hydrogens (tertiary/aromatic N) is 3. The molecule has 2 rings (SSSR count). The van der Waals surface area contributed by atoms with Gasteiger partial charge in [-0.15, -0.1) is 0 Å². The lowest BCUT2D eigenvalue weighted by Gasteiger charge is -2.38. The Morgan fingerprint density at radius 1 is 1.50 bits per heavy atom. The fraction of sp³-hybridized carbons (Fsp3) is 0.636. The van der Waals surface area contributed by atoms with Gasteiger partial charge in [0.15, 0.2) is 0 Å². The van der Waals surface area contributed by atoms with Crippen molar-refractivity contribution in [1.29, 1.82) is 0 Å². The van der Waals surface area contributed by atoms with E-state index >= 15 is 0 Å². The maximum atomic E-state index is 11.6. The first kappa shape index (κ1) is 13.4. The molecule has 0 spiro atoms. The first-order chi connectivity index (χ1) is 8.31. The number of hydrogen-bond acceptors (Lipinski definition) is 5. The third-order valence-electron chi connectivity index (χ3n) is 3.03. The van der Waals surface area contributed by atoms with Gasteiger partial charge in [0.1, 0.15) is 11.4 Å². The smallest absolute Gasteiger partial charge is 0.211 e. The third kappa shape index (κ3) is 2.68. The second-order valence-electron chi connectivity index (χ2n) is 4.66. The standard InChI is InChI=1S/C11H17N3O3S/c1-9-12-5-4-10(13-9)11(2)8-14(6-7-17-11)18(3,15)16/h4-5H,6-8H2,1-3H3/t11-/m0/s1. The van der Waals surface area contributed by atoms with Crippen molar-refractivity contribution in [3.63, 3.8) is 0 Å². The summed E-state index contributed by atoms with van der Waals surface area (Å²) in [6, 6.07) is 1.76. The summed E-state index contributed by atoms with van der Waals surface area (Å²) >= 11 is 0. The maximum Gasteiger partial charge on any atom is 0.211 e. The van der Waals surface area contributed by atoms with Crippen LogP contribution in [0.3, 0.4) is 0 Å². The molecule has 0 saturated carbocycles. The lowest BCUT2D eigenvalue weighted by atomic mass is 10.0. The Hall–Kier alpha value is -1.05. The zero-order valence-corrected chi connectivity index (χ0v) is 11.6. The van der Waals surface area contributed by atoms with Crippen LogP contribution < -0.4 is 0 Å². The van der Waals surface area contributed by atoms with Crippen LogP contribution >= 0.6 is 0 Å². The molecule has 0 bridgehead atoms. The number of rotatable bonds is 2. The molecule has 0 aliphatic carbocycles. The number of sulfonamides is 1. The first-order valence-electron chi connectivity index (χ1n) is 5.70. The van der Waals surface area contributed by atoms with Gasteiger partial charge >= 0.3 is 0 Å². The third-order valence-corrected chi connectivity index (χ3v) is 4.28. The van der Waals surface area contributed by atoms with Gasteiger partial charge in [-0.2, -0.15) is 4.31 Å². The summed E-state index contributed by atoms with van der Waals surface area (Å²) in [5.74, 6) is 0.647. The van der Waals surface area contributed by atoms with E-state index in [1.165, 1.54) is 10.6 Å². The topological polar surface area (TPSA) is 72.4 Å². The molecule has 0 N–H and O–H groups in total. The summed E-state index contributed by atoms with van der Waals surface area (Å²) in [5.41, 5.74) is -0.00183. The van der Waals surface area contributed by atoms with E-state index in [0.29, 0.717) is 24.7 Å². The summed E-state index contributed by atoms with van der Waals surface area (Å²) in [4.78, 5) is 8.36. The summed E-state index contributed by atoms with van der Waals surface area (Å²) in [5, 5.41) is 0. The normalized spacial score (nSPS) is 26.2. The summed E-state index contributed by atoms with van der Waals surface area (Å²) in [6.07, 6.45) is 2.87. The van der Waals surface area contributed by atoms with E-state index in [-0.39, 0.29) is 6.54 Å². The monoisotopic (exact) mass is 271 g/mol. The molecule has 1 fully saturated rings. The average molecular weight is 271 g/mol. The molecule has 1 aliphatic rings. The predicted molar refractivity (Wildman–Crippen MR) is 66.5 cm³/mol. The highest BCUT2D eigenvalue weighted by molar-refractivity contribution is 7.88. The summed E-state index contributed by atoms with van der Waals surface area (Å²) < 4.78 is 30.4. The molecule has 7 heteroatoms. The fourth-order valence-corrected chi connectivity index (χ4v) is 2.91. The molecule has 0 radical (unpaired) electrons. The van der Waals surface area contributed by atoms with Crippen molar-refractivity contribution in [2.75, 3.05) is 26.0 Å². The van der Waals surface area contributed by atoms with Gasteiger partial charge in [-0.1, -0.05) is 0 Å². The van der Waals surface area contributed by atoms with Crippen LogP contribution in [-0.4, -0.2) is 48.6 Å². The Morgan fingerprint density at radius 3 is 2.83 bits per heavy atom. The zero-order valence-electron chi connectivity index (χ0n) is 10.8. The van der Waals surface area contributed by atoms with Crippen LogP contribution in [0.1, 0.15) is 18.4 Å². The van der Waals surface area contributed by atoms with Crippen molar-refractivity contribution >= 4 is 10.0 Å².